The first-order chi connectivity index (χ1) is 27.0. The van der Waals surface area contributed by atoms with Crippen LogP contribution in [0.15, 0.2) is 23.3 Å². The summed E-state index contributed by atoms with van der Waals surface area (Å²) in [6.07, 6.45) is 2.74. The highest BCUT2D eigenvalue weighted by Gasteiger charge is 2.56. The van der Waals surface area contributed by atoms with Gasteiger partial charge in [0.1, 0.15) is 6.10 Å². The number of hydrogen-bond acceptors (Lipinski definition) is 13. The predicted octanol–water partition coefficient (Wildman–Crippen LogP) is 3.39. The van der Waals surface area contributed by atoms with Crippen molar-refractivity contribution >= 4 is 11.7 Å². The lowest BCUT2D eigenvalue weighted by Gasteiger charge is -2.47. The maximum atomic E-state index is 14.3. The van der Waals surface area contributed by atoms with Crippen LogP contribution in [0.5, 0.6) is 0 Å². The number of carbonyl (C=O) groups is 2. The molecule has 1 aliphatic carbocycles. The summed E-state index contributed by atoms with van der Waals surface area (Å²) in [4.78, 5) is 29.8. The van der Waals surface area contributed by atoms with Crippen molar-refractivity contribution in [2.45, 2.75) is 172 Å². The largest absolute Gasteiger partial charge is 0.393 e. The average molecular weight is 810 g/mol. The van der Waals surface area contributed by atoms with E-state index in [0.29, 0.717) is 57.8 Å². The van der Waals surface area contributed by atoms with Gasteiger partial charge in [-0.25, -0.2) is 0 Å². The van der Waals surface area contributed by atoms with Gasteiger partial charge in [0, 0.05) is 52.0 Å². The first-order valence-corrected chi connectivity index (χ1v) is 21.3. The maximum absolute atomic E-state index is 14.3. The summed E-state index contributed by atoms with van der Waals surface area (Å²) in [7, 11) is 4.66. The van der Waals surface area contributed by atoms with Gasteiger partial charge in [0.05, 0.1) is 49.3 Å². The molecule has 0 radical (unpaired) electrons. The van der Waals surface area contributed by atoms with E-state index in [1.165, 1.54) is 4.90 Å². The molecule has 0 aromatic rings. The number of rotatable bonds is 6. The number of ketones is 1. The summed E-state index contributed by atoms with van der Waals surface area (Å²) in [5, 5.41) is 58.4. The van der Waals surface area contributed by atoms with Crippen LogP contribution in [0.3, 0.4) is 0 Å². The zero-order valence-corrected chi connectivity index (χ0v) is 35.4. The molecule has 6 rings (SSSR count). The fourth-order valence-electron chi connectivity index (χ4n) is 10.1. The zero-order valence-electron chi connectivity index (χ0n) is 35.4. The lowest BCUT2D eigenvalue weighted by atomic mass is 9.80. The van der Waals surface area contributed by atoms with Crippen LogP contribution in [0.2, 0.25) is 0 Å². The summed E-state index contributed by atoms with van der Waals surface area (Å²) < 4.78 is 36.3. The molecule has 326 valence electrons. The number of methoxy groups -OCH3 is 3. The second kappa shape index (κ2) is 19.7. The summed E-state index contributed by atoms with van der Waals surface area (Å²) in [5.74, 6) is -8.07. The van der Waals surface area contributed by atoms with E-state index in [4.69, 9.17) is 28.4 Å². The highest BCUT2D eigenvalue weighted by atomic mass is 16.7. The quantitative estimate of drug-likeness (QED) is 0.194. The fraction of sp³-hybridized carbons (Fsp3) is 0.860. The number of allylic oxidation sites excluding steroid dienone is 1. The first-order valence-electron chi connectivity index (χ1n) is 21.3. The van der Waals surface area contributed by atoms with E-state index in [1.807, 2.05) is 26.0 Å². The minimum Gasteiger partial charge on any atom is -0.393 e. The lowest BCUT2D eigenvalue weighted by molar-refractivity contribution is -0.302. The molecular formula is C43H71NO13. The Hall–Kier alpha value is -1.82. The Morgan fingerprint density at radius 3 is 2.28 bits per heavy atom. The van der Waals surface area contributed by atoms with E-state index in [9.17, 15) is 35.1 Å². The number of amides is 1. The maximum Gasteiger partial charge on any atom is 0.296 e. The van der Waals surface area contributed by atoms with E-state index < -0.39 is 90.0 Å². The van der Waals surface area contributed by atoms with Crippen molar-refractivity contribution in [3.63, 3.8) is 0 Å². The fourth-order valence-corrected chi connectivity index (χ4v) is 10.1. The summed E-state index contributed by atoms with van der Waals surface area (Å²) in [6.45, 7) is 9.67. The Morgan fingerprint density at radius 1 is 0.930 bits per heavy atom. The number of fused-ring (bicyclic) bond motifs is 11. The number of Topliss-reactive ketones (excluding diaryl/α,β-unsaturated/α-hetero) is 1. The van der Waals surface area contributed by atoms with Crippen LogP contribution in [-0.2, 0) is 38.0 Å². The van der Waals surface area contributed by atoms with Gasteiger partial charge in [-0.3, -0.25) is 9.59 Å². The third-order valence-electron chi connectivity index (χ3n) is 13.7. The van der Waals surface area contributed by atoms with Crippen molar-refractivity contribution in [2.75, 3.05) is 34.5 Å². The highest BCUT2D eigenvalue weighted by molar-refractivity contribution is 6.38. The van der Waals surface area contributed by atoms with Crippen molar-refractivity contribution in [3.05, 3.63) is 23.3 Å². The first kappa shape index (κ1) is 46.2. The van der Waals surface area contributed by atoms with E-state index >= 15 is 0 Å². The van der Waals surface area contributed by atoms with Crippen molar-refractivity contribution < 1.29 is 63.5 Å². The molecule has 0 aromatic carbocycles. The minimum atomic E-state index is -2.48. The lowest BCUT2D eigenvalue weighted by Crippen LogP contribution is -2.64. The van der Waals surface area contributed by atoms with Gasteiger partial charge >= 0.3 is 0 Å². The normalized spacial score (nSPS) is 44.9. The molecule has 6 aliphatic rings. The van der Waals surface area contributed by atoms with Crippen molar-refractivity contribution in [2.24, 2.45) is 29.6 Å². The Kier molecular flexibility index (Phi) is 16.0. The summed E-state index contributed by atoms with van der Waals surface area (Å²) in [5.41, 5.74) is 1.72. The molecule has 1 amide bonds. The molecule has 14 heteroatoms. The average Bonchev–Trinajstić information content (AvgIpc) is 3.19. The van der Waals surface area contributed by atoms with E-state index in [1.54, 1.807) is 35.2 Å². The summed E-state index contributed by atoms with van der Waals surface area (Å²) in [6, 6.07) is -0.942. The molecule has 5 heterocycles. The van der Waals surface area contributed by atoms with Crippen molar-refractivity contribution in [3.8, 4) is 0 Å². The molecule has 4 bridgehead atoms. The van der Waals surface area contributed by atoms with Crippen LogP contribution >= 0.6 is 0 Å². The number of piperidine rings is 1. The monoisotopic (exact) mass is 809 g/mol. The molecule has 57 heavy (non-hydrogen) atoms. The van der Waals surface area contributed by atoms with Crippen LogP contribution in [0, 0.1) is 29.6 Å². The van der Waals surface area contributed by atoms with Gasteiger partial charge < -0.3 is 58.9 Å². The van der Waals surface area contributed by atoms with Crippen molar-refractivity contribution in [1.82, 2.24) is 4.90 Å². The Bertz CT molecular complexity index is 1420. The van der Waals surface area contributed by atoms with Gasteiger partial charge in [-0.2, -0.15) is 0 Å². The topological polar surface area (TPSA) is 194 Å². The number of aliphatic hydroxyl groups is 5. The molecule has 5 aliphatic heterocycles. The van der Waals surface area contributed by atoms with Crippen molar-refractivity contribution in [1.29, 1.82) is 0 Å². The third kappa shape index (κ3) is 10.2. The van der Waals surface area contributed by atoms with Gasteiger partial charge in [0.15, 0.2) is 12.1 Å². The predicted molar refractivity (Wildman–Crippen MR) is 209 cm³/mol. The van der Waals surface area contributed by atoms with Crippen LogP contribution in [0.4, 0.5) is 0 Å². The van der Waals surface area contributed by atoms with Gasteiger partial charge in [-0.1, -0.05) is 39.8 Å². The van der Waals surface area contributed by atoms with Gasteiger partial charge in [0.2, 0.25) is 5.79 Å². The second-order valence-electron chi connectivity index (χ2n) is 17.8. The number of nitrogens with zero attached hydrogens (tertiary/aromatic N) is 1. The number of hydrogen-bond donors (Lipinski definition) is 5. The van der Waals surface area contributed by atoms with Crippen LogP contribution < -0.4 is 0 Å². The van der Waals surface area contributed by atoms with E-state index in [-0.39, 0.29) is 43.9 Å². The van der Waals surface area contributed by atoms with Gasteiger partial charge in [-0.15, -0.1) is 0 Å². The molecule has 16 atom stereocenters. The third-order valence-corrected chi connectivity index (χ3v) is 13.7. The Labute approximate surface area is 338 Å². The number of carbonyl (C=O) groups excluding carboxylic acids is 2. The summed E-state index contributed by atoms with van der Waals surface area (Å²) >= 11 is 0. The minimum absolute atomic E-state index is 0.0222. The Balaban J connectivity index is 1.54. The van der Waals surface area contributed by atoms with Gasteiger partial charge in [0.25, 0.3) is 11.7 Å². The zero-order chi connectivity index (χ0) is 41.8. The molecule has 14 nitrogen and oxygen atoms in total. The molecule has 5 N–H and O–H groups in total. The number of ether oxygens (including phenoxy) is 6. The molecule has 0 aromatic heterocycles. The Morgan fingerprint density at radius 2 is 1.61 bits per heavy atom. The number of aliphatic hydroxyl groups excluding tert-OH is 3. The van der Waals surface area contributed by atoms with E-state index in [0.717, 1.165) is 11.1 Å². The molecule has 1 saturated carbocycles. The van der Waals surface area contributed by atoms with Crippen LogP contribution in [0.1, 0.15) is 105 Å². The van der Waals surface area contributed by atoms with Crippen LogP contribution in [-0.4, -0.2) is 143 Å². The smallest absolute Gasteiger partial charge is 0.296 e. The van der Waals surface area contributed by atoms with Crippen LogP contribution in [0.25, 0.3) is 0 Å². The standard InChI is InChI=1S/C43H71NO13/c1-9-30-20-29-16-24(2)17-35(53-7)38-36(54-8)19-26(4)43(51,57-38)39(47)40(48)44-15-11-10-12-31(44)41(49)56-37(27(5)33(46)22-42(30,50)55-23-29)25(3)18-28-13-14-32(45)34(21-28)52-6/h18,20,24,26-28,30-38,41,45-46,49-51H,9-17,19,21-23H2,1-8H3/b25-18+/t24-,26+,27+,28-,30+,31?,32+,33-,34?,35-,36-,37+,38+,41?,42?,43+/m0/s1. The molecule has 0 spiro atoms. The SMILES string of the molecule is CC[C@@H]1C=C2COC1(O)C[C@H](O)[C@@H](C)[C@@H](/C(C)=C/[C@@H]1CC[C@@H](O)C(OC)C1)OC(O)C1CCCCN1C(=O)C(=O)[C@]1(O)O[C@H]([C@@H](OC)C[C@@H](C)C2)[C@@H](OC)C[C@H]1C. The van der Waals surface area contributed by atoms with Gasteiger partial charge in [-0.05, 0) is 94.1 Å². The molecular weight excluding hydrogens is 738 g/mol. The molecule has 3 saturated heterocycles. The second-order valence-corrected chi connectivity index (χ2v) is 17.8. The van der Waals surface area contributed by atoms with E-state index in [2.05, 4.69) is 6.92 Å². The molecule has 4 fully saturated rings. The highest BCUT2D eigenvalue weighted by Crippen LogP contribution is 2.41. The molecule has 4 unspecified atom stereocenters.